The maximum Gasteiger partial charge on any atom is 0.308 e. The van der Waals surface area contributed by atoms with Crippen molar-refractivity contribution in [1.29, 1.82) is 0 Å². The number of aryl methyl sites for hydroxylation is 1. The van der Waals surface area contributed by atoms with Crippen molar-refractivity contribution in [3.8, 4) is 11.5 Å². The molecule has 1 N–H and O–H groups in total. The molecule has 0 radical (unpaired) electrons. The summed E-state index contributed by atoms with van der Waals surface area (Å²) in [6.07, 6.45) is 1.40. The van der Waals surface area contributed by atoms with Gasteiger partial charge in [0.25, 0.3) is 11.5 Å². The molecule has 0 aliphatic carbocycles. The van der Waals surface area contributed by atoms with E-state index in [1.54, 1.807) is 42.5 Å². The van der Waals surface area contributed by atoms with E-state index in [1.165, 1.54) is 27.3 Å². The fourth-order valence-electron chi connectivity index (χ4n) is 2.69. The van der Waals surface area contributed by atoms with Gasteiger partial charge in [0.1, 0.15) is 0 Å². The molecule has 0 unspecified atom stereocenters. The molecule has 0 aliphatic heterocycles. The average molecular weight is 394 g/mol. The van der Waals surface area contributed by atoms with Crippen molar-refractivity contribution < 1.29 is 19.1 Å². The lowest BCUT2D eigenvalue weighted by Crippen LogP contribution is -2.27. The first-order valence-corrected chi connectivity index (χ1v) is 8.56. The summed E-state index contributed by atoms with van der Waals surface area (Å²) in [6, 6.07) is 11.5. The van der Waals surface area contributed by atoms with Gasteiger partial charge in [-0.25, -0.2) is 10.1 Å². The predicted molar refractivity (Wildman–Crippen MR) is 106 cm³/mol. The normalized spacial score (nSPS) is 10.9. The number of methoxy groups -OCH3 is 1. The number of hydrogen-bond donors (Lipinski definition) is 1. The molecule has 0 fully saturated rings. The molecule has 0 bridgehead atoms. The number of esters is 1. The number of ether oxygens (including phenoxy) is 2. The highest BCUT2D eigenvalue weighted by Gasteiger charge is 2.15. The third kappa shape index (κ3) is 4.29. The molecule has 3 rings (SSSR count). The standard InChI is InChI=1S/C20H18N4O5/c1-12(25)29-16-9-8-13(10-17(16)28-3)11-21-22-19(26)18-14-6-4-5-7-15(14)20(27)24(2)23-18/h4-11H,1-3H3,(H,22,26)/b21-11-. The molecule has 0 saturated heterocycles. The number of amides is 1. The highest BCUT2D eigenvalue weighted by atomic mass is 16.6. The average Bonchev–Trinajstić information content (AvgIpc) is 2.71. The summed E-state index contributed by atoms with van der Waals surface area (Å²) in [5.41, 5.74) is 2.80. The van der Waals surface area contributed by atoms with Crippen molar-refractivity contribution in [2.75, 3.05) is 7.11 Å². The zero-order valence-electron chi connectivity index (χ0n) is 16.0. The summed E-state index contributed by atoms with van der Waals surface area (Å²) < 4.78 is 11.3. The lowest BCUT2D eigenvalue weighted by Gasteiger charge is -2.08. The number of benzene rings is 2. The zero-order valence-corrected chi connectivity index (χ0v) is 16.0. The van der Waals surface area contributed by atoms with Gasteiger partial charge in [-0.1, -0.05) is 18.2 Å². The number of nitrogens with one attached hydrogen (secondary N) is 1. The van der Waals surface area contributed by atoms with Gasteiger partial charge in [-0.2, -0.15) is 10.2 Å². The van der Waals surface area contributed by atoms with Crippen molar-refractivity contribution >= 4 is 28.9 Å². The minimum atomic E-state index is -0.559. The van der Waals surface area contributed by atoms with E-state index in [0.29, 0.717) is 22.1 Å². The summed E-state index contributed by atoms with van der Waals surface area (Å²) in [4.78, 5) is 35.8. The summed E-state index contributed by atoms with van der Waals surface area (Å²) in [5.74, 6) is -0.395. The van der Waals surface area contributed by atoms with Gasteiger partial charge in [0.2, 0.25) is 0 Å². The molecule has 9 nitrogen and oxygen atoms in total. The van der Waals surface area contributed by atoms with Gasteiger partial charge in [0.05, 0.1) is 18.7 Å². The Kier molecular flexibility index (Phi) is 5.68. The van der Waals surface area contributed by atoms with Crippen LogP contribution in [0.1, 0.15) is 23.0 Å². The number of carbonyl (C=O) groups excluding carboxylic acids is 2. The summed E-state index contributed by atoms with van der Waals surface area (Å²) in [5, 5.41) is 8.80. The summed E-state index contributed by atoms with van der Waals surface area (Å²) >= 11 is 0. The van der Waals surface area contributed by atoms with Gasteiger partial charge in [-0.15, -0.1) is 0 Å². The molecule has 9 heteroatoms. The Morgan fingerprint density at radius 2 is 1.86 bits per heavy atom. The van der Waals surface area contributed by atoms with Crippen LogP contribution in [0.3, 0.4) is 0 Å². The maximum absolute atomic E-state index is 12.5. The second-order valence-corrected chi connectivity index (χ2v) is 6.03. The largest absolute Gasteiger partial charge is 0.493 e. The minimum Gasteiger partial charge on any atom is -0.493 e. The smallest absolute Gasteiger partial charge is 0.308 e. The van der Waals surface area contributed by atoms with Gasteiger partial charge >= 0.3 is 5.97 Å². The Bertz CT molecular complexity index is 1180. The number of rotatable bonds is 5. The molecule has 0 saturated carbocycles. The molecule has 1 amide bonds. The fourth-order valence-corrected chi connectivity index (χ4v) is 2.69. The van der Waals surface area contributed by atoms with E-state index in [-0.39, 0.29) is 17.0 Å². The SMILES string of the molecule is COc1cc(/C=N\NC(=O)c2nn(C)c(=O)c3ccccc23)ccc1OC(C)=O. The van der Waals surface area contributed by atoms with Crippen LogP contribution >= 0.6 is 0 Å². The topological polar surface area (TPSA) is 112 Å². The number of carbonyl (C=O) groups is 2. The van der Waals surface area contributed by atoms with Crippen LogP contribution in [0.5, 0.6) is 11.5 Å². The number of aromatic nitrogens is 2. The lowest BCUT2D eigenvalue weighted by molar-refractivity contribution is -0.132. The van der Waals surface area contributed by atoms with Crippen LogP contribution in [0.2, 0.25) is 0 Å². The number of hydrogen-bond acceptors (Lipinski definition) is 7. The molecule has 1 heterocycles. The van der Waals surface area contributed by atoms with E-state index >= 15 is 0 Å². The van der Waals surface area contributed by atoms with Crippen LogP contribution < -0.4 is 20.5 Å². The molecule has 148 valence electrons. The van der Waals surface area contributed by atoms with E-state index in [1.807, 2.05) is 0 Å². The number of fused-ring (bicyclic) bond motifs is 1. The Labute approximate surface area is 165 Å². The number of nitrogens with zero attached hydrogens (tertiary/aromatic N) is 3. The van der Waals surface area contributed by atoms with Crippen LogP contribution in [-0.4, -0.2) is 35.0 Å². The van der Waals surface area contributed by atoms with Crippen molar-refractivity contribution in [1.82, 2.24) is 15.2 Å². The monoisotopic (exact) mass is 394 g/mol. The summed E-state index contributed by atoms with van der Waals surface area (Å²) in [6.45, 7) is 1.29. The Balaban J connectivity index is 1.82. The van der Waals surface area contributed by atoms with Crippen LogP contribution in [0.25, 0.3) is 10.8 Å². The van der Waals surface area contributed by atoms with Gasteiger partial charge < -0.3 is 9.47 Å². The molecular weight excluding hydrogens is 376 g/mol. The molecule has 29 heavy (non-hydrogen) atoms. The minimum absolute atomic E-state index is 0.0858. The molecule has 0 spiro atoms. The van der Waals surface area contributed by atoms with E-state index < -0.39 is 11.9 Å². The fraction of sp³-hybridized carbons (Fsp3) is 0.150. The predicted octanol–water partition coefficient (Wildman–Crippen LogP) is 1.63. The van der Waals surface area contributed by atoms with E-state index in [0.717, 1.165) is 4.68 Å². The van der Waals surface area contributed by atoms with Crippen molar-refractivity contribution in [3.63, 3.8) is 0 Å². The second-order valence-electron chi connectivity index (χ2n) is 6.03. The van der Waals surface area contributed by atoms with Crippen LogP contribution in [0.4, 0.5) is 0 Å². The van der Waals surface area contributed by atoms with E-state index in [9.17, 15) is 14.4 Å². The van der Waals surface area contributed by atoms with Crippen LogP contribution in [0, 0.1) is 0 Å². The molecule has 1 aromatic heterocycles. The Morgan fingerprint density at radius 1 is 1.14 bits per heavy atom. The van der Waals surface area contributed by atoms with Crippen molar-refractivity contribution in [2.45, 2.75) is 6.92 Å². The zero-order chi connectivity index (χ0) is 21.0. The first-order chi connectivity index (χ1) is 13.9. The highest BCUT2D eigenvalue weighted by molar-refractivity contribution is 6.04. The molecule has 3 aromatic rings. The first-order valence-electron chi connectivity index (χ1n) is 8.56. The third-order valence-corrected chi connectivity index (χ3v) is 3.99. The second kappa shape index (κ2) is 8.34. The molecule has 0 atom stereocenters. The van der Waals surface area contributed by atoms with Gasteiger partial charge in [-0.05, 0) is 29.8 Å². The molecular formula is C20H18N4O5. The Hall–Kier alpha value is -4.01. The third-order valence-electron chi connectivity index (χ3n) is 3.99. The maximum atomic E-state index is 12.5. The summed E-state index contributed by atoms with van der Waals surface area (Å²) in [7, 11) is 2.92. The molecule has 0 aliphatic rings. The van der Waals surface area contributed by atoms with Gasteiger partial charge in [-0.3, -0.25) is 14.4 Å². The lowest BCUT2D eigenvalue weighted by atomic mass is 10.1. The Morgan fingerprint density at radius 3 is 2.55 bits per heavy atom. The van der Waals surface area contributed by atoms with E-state index in [2.05, 4.69) is 15.6 Å². The van der Waals surface area contributed by atoms with Crippen LogP contribution in [-0.2, 0) is 11.8 Å². The first kappa shape index (κ1) is 19.7. The number of hydrazone groups is 1. The highest BCUT2D eigenvalue weighted by Crippen LogP contribution is 2.27. The van der Waals surface area contributed by atoms with Crippen molar-refractivity contribution in [2.24, 2.45) is 12.1 Å². The van der Waals surface area contributed by atoms with Gasteiger partial charge in [0.15, 0.2) is 17.2 Å². The van der Waals surface area contributed by atoms with E-state index in [4.69, 9.17) is 9.47 Å². The van der Waals surface area contributed by atoms with Crippen molar-refractivity contribution in [3.05, 3.63) is 64.1 Å². The van der Waals surface area contributed by atoms with Crippen LogP contribution in [0.15, 0.2) is 52.4 Å². The molecule has 2 aromatic carbocycles. The van der Waals surface area contributed by atoms with Gasteiger partial charge in [0, 0.05) is 19.4 Å². The quantitative estimate of drug-likeness (QED) is 0.305.